The summed E-state index contributed by atoms with van der Waals surface area (Å²) in [6.07, 6.45) is 0.414. The molecule has 0 saturated carbocycles. The van der Waals surface area contributed by atoms with Gasteiger partial charge >= 0.3 is 5.97 Å². The first-order chi connectivity index (χ1) is 5.74. The Hall–Kier alpha value is -0.830. The fraction of sp³-hybridized carbons (Fsp3) is 0.444. The fourth-order valence-electron chi connectivity index (χ4n) is 0.928. The van der Waals surface area contributed by atoms with Gasteiger partial charge in [0.1, 0.15) is 0 Å². The van der Waals surface area contributed by atoms with E-state index in [-0.39, 0.29) is 5.97 Å². The van der Waals surface area contributed by atoms with Crippen LogP contribution in [0.25, 0.3) is 0 Å². The number of carbonyl (C=O) groups excluding carboxylic acids is 1. The first-order valence-corrected chi connectivity index (χ1v) is 4.80. The zero-order valence-electron chi connectivity index (χ0n) is 7.29. The van der Waals surface area contributed by atoms with Crippen LogP contribution in [0.2, 0.25) is 0 Å². The summed E-state index contributed by atoms with van der Waals surface area (Å²) in [5.74, 6) is -0.136. The van der Waals surface area contributed by atoms with Crippen LogP contribution in [-0.4, -0.2) is 12.6 Å². The van der Waals surface area contributed by atoms with E-state index in [1.54, 1.807) is 11.3 Å². The summed E-state index contributed by atoms with van der Waals surface area (Å²) in [5.41, 5.74) is 1.17. The molecule has 0 spiro atoms. The number of carbonyl (C=O) groups is 1. The summed E-state index contributed by atoms with van der Waals surface area (Å²) in [5, 5.41) is 1.99. The van der Waals surface area contributed by atoms with Crippen molar-refractivity contribution in [3.05, 3.63) is 21.9 Å². The number of hydrogen-bond donors (Lipinski definition) is 0. The molecule has 0 aliphatic rings. The minimum Gasteiger partial charge on any atom is -0.466 e. The van der Waals surface area contributed by atoms with Gasteiger partial charge in [-0.1, -0.05) is 0 Å². The van der Waals surface area contributed by atoms with Crippen molar-refractivity contribution in [1.82, 2.24) is 0 Å². The molecule has 0 aromatic carbocycles. The van der Waals surface area contributed by atoms with Crippen molar-refractivity contribution < 1.29 is 9.53 Å². The van der Waals surface area contributed by atoms with E-state index < -0.39 is 0 Å². The maximum Gasteiger partial charge on any atom is 0.311 e. The van der Waals surface area contributed by atoms with Gasteiger partial charge in [-0.05, 0) is 30.9 Å². The van der Waals surface area contributed by atoms with E-state index in [0.29, 0.717) is 13.0 Å². The lowest BCUT2D eigenvalue weighted by molar-refractivity contribution is -0.142. The third-order valence-corrected chi connectivity index (χ3v) is 2.60. The van der Waals surface area contributed by atoms with E-state index >= 15 is 0 Å². The van der Waals surface area contributed by atoms with Crippen molar-refractivity contribution in [1.29, 1.82) is 0 Å². The Bertz CT molecular complexity index is 265. The molecule has 0 aliphatic heterocycles. The zero-order chi connectivity index (χ0) is 8.97. The molecule has 3 heteroatoms. The molecule has 0 unspecified atom stereocenters. The van der Waals surface area contributed by atoms with Crippen LogP contribution in [0.5, 0.6) is 0 Å². The largest absolute Gasteiger partial charge is 0.466 e. The lowest BCUT2D eigenvalue weighted by Crippen LogP contribution is -2.06. The average Bonchev–Trinajstić information content (AvgIpc) is 2.37. The van der Waals surface area contributed by atoms with Gasteiger partial charge in [0.2, 0.25) is 0 Å². The smallest absolute Gasteiger partial charge is 0.311 e. The van der Waals surface area contributed by atoms with Crippen molar-refractivity contribution in [3.63, 3.8) is 0 Å². The van der Waals surface area contributed by atoms with E-state index in [2.05, 4.69) is 0 Å². The molecule has 0 fully saturated rings. The van der Waals surface area contributed by atoms with Gasteiger partial charge in [-0.3, -0.25) is 4.79 Å². The maximum absolute atomic E-state index is 11.0. The van der Waals surface area contributed by atoms with Gasteiger partial charge in [0, 0.05) is 4.88 Å². The second-order valence-corrected chi connectivity index (χ2v) is 3.51. The first kappa shape index (κ1) is 9.26. The second-order valence-electron chi connectivity index (χ2n) is 2.51. The van der Waals surface area contributed by atoms with Crippen LogP contribution in [0, 0.1) is 6.92 Å². The van der Waals surface area contributed by atoms with E-state index in [9.17, 15) is 4.79 Å². The van der Waals surface area contributed by atoms with Crippen molar-refractivity contribution in [2.45, 2.75) is 20.3 Å². The number of thiophene rings is 1. The van der Waals surface area contributed by atoms with Crippen LogP contribution in [0.3, 0.4) is 0 Å². The normalized spacial score (nSPS) is 9.83. The molecule has 0 atom stereocenters. The van der Waals surface area contributed by atoms with Crippen LogP contribution in [-0.2, 0) is 16.0 Å². The Labute approximate surface area is 76.2 Å². The molecule has 1 rings (SSSR count). The fourth-order valence-corrected chi connectivity index (χ4v) is 1.82. The lowest BCUT2D eigenvalue weighted by Gasteiger charge is -1.99. The Morgan fingerprint density at radius 1 is 1.67 bits per heavy atom. The van der Waals surface area contributed by atoms with Crippen LogP contribution < -0.4 is 0 Å². The number of esters is 1. The van der Waals surface area contributed by atoms with E-state index in [0.717, 1.165) is 4.88 Å². The third-order valence-electron chi connectivity index (χ3n) is 1.58. The third kappa shape index (κ3) is 2.34. The van der Waals surface area contributed by atoms with Crippen LogP contribution in [0.15, 0.2) is 11.4 Å². The molecule has 12 heavy (non-hydrogen) atoms. The van der Waals surface area contributed by atoms with E-state index in [4.69, 9.17) is 4.74 Å². The monoisotopic (exact) mass is 184 g/mol. The van der Waals surface area contributed by atoms with Crippen molar-refractivity contribution in [2.75, 3.05) is 6.61 Å². The standard InChI is InChI=1S/C9H12O2S/c1-3-11-9(10)6-8-7(2)4-5-12-8/h4-5H,3,6H2,1-2H3. The van der Waals surface area contributed by atoms with E-state index in [1.165, 1.54) is 5.56 Å². The van der Waals surface area contributed by atoms with Gasteiger partial charge in [-0.25, -0.2) is 0 Å². The summed E-state index contributed by atoms with van der Waals surface area (Å²) >= 11 is 1.60. The van der Waals surface area contributed by atoms with Crippen molar-refractivity contribution in [2.24, 2.45) is 0 Å². The molecule has 0 saturated heterocycles. The van der Waals surface area contributed by atoms with Crippen LogP contribution in [0.1, 0.15) is 17.4 Å². The Morgan fingerprint density at radius 2 is 2.42 bits per heavy atom. The highest BCUT2D eigenvalue weighted by molar-refractivity contribution is 7.10. The molecule has 0 amide bonds. The van der Waals surface area contributed by atoms with Crippen LogP contribution in [0.4, 0.5) is 0 Å². The van der Waals surface area contributed by atoms with Gasteiger partial charge in [0.05, 0.1) is 13.0 Å². The van der Waals surface area contributed by atoms with Gasteiger partial charge in [0.15, 0.2) is 0 Å². The predicted octanol–water partition coefficient (Wildman–Crippen LogP) is 2.16. The molecule has 0 radical (unpaired) electrons. The highest BCUT2D eigenvalue weighted by atomic mass is 32.1. The molecule has 1 aromatic heterocycles. The molecule has 0 bridgehead atoms. The van der Waals surface area contributed by atoms with Gasteiger partial charge in [-0.15, -0.1) is 11.3 Å². The maximum atomic E-state index is 11.0. The molecule has 2 nitrogen and oxygen atoms in total. The van der Waals surface area contributed by atoms with Gasteiger partial charge in [-0.2, -0.15) is 0 Å². The second kappa shape index (κ2) is 4.26. The minimum absolute atomic E-state index is 0.136. The number of rotatable bonds is 3. The summed E-state index contributed by atoms with van der Waals surface area (Å²) in [4.78, 5) is 12.2. The number of hydrogen-bond acceptors (Lipinski definition) is 3. The number of aryl methyl sites for hydroxylation is 1. The van der Waals surface area contributed by atoms with Crippen molar-refractivity contribution in [3.8, 4) is 0 Å². The van der Waals surface area contributed by atoms with Crippen molar-refractivity contribution >= 4 is 17.3 Å². The zero-order valence-corrected chi connectivity index (χ0v) is 8.11. The Balaban J connectivity index is 2.52. The highest BCUT2D eigenvalue weighted by Crippen LogP contribution is 2.16. The minimum atomic E-state index is -0.136. The molecule has 66 valence electrons. The molecule has 0 N–H and O–H groups in total. The summed E-state index contributed by atoms with van der Waals surface area (Å²) in [6, 6.07) is 2.01. The molecular weight excluding hydrogens is 172 g/mol. The predicted molar refractivity (Wildman–Crippen MR) is 49.4 cm³/mol. The average molecular weight is 184 g/mol. The van der Waals surface area contributed by atoms with Gasteiger partial charge in [0.25, 0.3) is 0 Å². The topological polar surface area (TPSA) is 26.3 Å². The Kier molecular flexibility index (Phi) is 3.29. The summed E-state index contributed by atoms with van der Waals surface area (Å²) < 4.78 is 4.84. The molecule has 0 aliphatic carbocycles. The molecule has 1 aromatic rings. The van der Waals surface area contributed by atoms with E-state index in [1.807, 2.05) is 25.3 Å². The SMILES string of the molecule is CCOC(=O)Cc1sccc1C. The summed E-state index contributed by atoms with van der Waals surface area (Å²) in [6.45, 7) is 4.29. The highest BCUT2D eigenvalue weighted by Gasteiger charge is 2.06. The molecular formula is C9H12O2S. The molecule has 1 heterocycles. The number of ether oxygens (including phenoxy) is 1. The summed E-state index contributed by atoms with van der Waals surface area (Å²) in [7, 11) is 0. The Morgan fingerprint density at radius 3 is 2.92 bits per heavy atom. The van der Waals surface area contributed by atoms with Gasteiger partial charge < -0.3 is 4.74 Å². The first-order valence-electron chi connectivity index (χ1n) is 3.92. The quantitative estimate of drug-likeness (QED) is 0.673. The lowest BCUT2D eigenvalue weighted by atomic mass is 10.2. The van der Waals surface area contributed by atoms with Crippen LogP contribution >= 0.6 is 11.3 Å².